The first kappa shape index (κ1) is 21.7. The second kappa shape index (κ2) is 8.89. The predicted molar refractivity (Wildman–Crippen MR) is 118 cm³/mol. The van der Waals surface area contributed by atoms with E-state index in [0.29, 0.717) is 49.6 Å². The van der Waals surface area contributed by atoms with Crippen molar-refractivity contribution in [2.75, 3.05) is 18.4 Å². The van der Waals surface area contributed by atoms with Crippen LogP contribution in [0.1, 0.15) is 31.2 Å². The van der Waals surface area contributed by atoms with E-state index in [1.807, 2.05) is 38.1 Å². The molecular formula is C21H24N4O4S2. The topological polar surface area (TPSA) is 105 Å². The standard InChI is InChI=1S/C21H24N4O4S2/c1-3-18-23-20(24-29-18)16-12-19(30-13-16)31(27,28)25-9-7-15(8-10-25)21(26)22-17-6-4-5-14(2)11-17/h4-6,11-13,15H,3,7-10H2,1-2H3,(H,22,26). The van der Waals surface area contributed by atoms with Gasteiger partial charge in [0, 0.05) is 42.1 Å². The van der Waals surface area contributed by atoms with E-state index < -0.39 is 10.0 Å². The molecule has 2 aromatic heterocycles. The van der Waals surface area contributed by atoms with E-state index in [-0.39, 0.29) is 16.0 Å². The van der Waals surface area contributed by atoms with Gasteiger partial charge in [0.25, 0.3) is 10.0 Å². The van der Waals surface area contributed by atoms with Gasteiger partial charge in [-0.3, -0.25) is 4.79 Å². The number of aryl methyl sites for hydroxylation is 2. The highest BCUT2D eigenvalue weighted by Gasteiger charge is 2.33. The normalized spacial score (nSPS) is 15.8. The lowest BCUT2D eigenvalue weighted by Crippen LogP contribution is -2.41. The molecule has 1 saturated heterocycles. The Morgan fingerprint density at radius 1 is 1.29 bits per heavy atom. The molecule has 0 radical (unpaired) electrons. The molecule has 10 heteroatoms. The van der Waals surface area contributed by atoms with Crippen molar-refractivity contribution in [3.8, 4) is 11.4 Å². The number of benzene rings is 1. The van der Waals surface area contributed by atoms with Crippen molar-refractivity contribution in [2.45, 2.75) is 37.3 Å². The van der Waals surface area contributed by atoms with Crippen LogP contribution in [-0.2, 0) is 21.2 Å². The van der Waals surface area contributed by atoms with E-state index in [1.54, 1.807) is 11.4 Å². The Hall–Kier alpha value is -2.56. The highest BCUT2D eigenvalue weighted by molar-refractivity contribution is 7.91. The van der Waals surface area contributed by atoms with Gasteiger partial charge in [0.15, 0.2) is 0 Å². The number of anilines is 1. The molecule has 1 aromatic carbocycles. The molecule has 0 saturated carbocycles. The molecule has 31 heavy (non-hydrogen) atoms. The van der Waals surface area contributed by atoms with Crippen LogP contribution >= 0.6 is 11.3 Å². The minimum absolute atomic E-state index is 0.0649. The van der Waals surface area contributed by atoms with Gasteiger partial charge in [-0.1, -0.05) is 24.2 Å². The molecule has 164 valence electrons. The fourth-order valence-electron chi connectivity index (χ4n) is 3.54. The third-order valence-electron chi connectivity index (χ3n) is 5.31. The summed E-state index contributed by atoms with van der Waals surface area (Å²) < 4.78 is 32.9. The maximum absolute atomic E-state index is 13.1. The van der Waals surface area contributed by atoms with Gasteiger partial charge in [-0.05, 0) is 43.5 Å². The van der Waals surface area contributed by atoms with Crippen LogP contribution < -0.4 is 5.32 Å². The molecule has 1 fully saturated rings. The summed E-state index contributed by atoms with van der Waals surface area (Å²) in [6.45, 7) is 4.50. The van der Waals surface area contributed by atoms with Crippen molar-refractivity contribution in [3.05, 3.63) is 47.2 Å². The molecule has 3 aromatic rings. The second-order valence-corrected chi connectivity index (χ2v) is 10.6. The summed E-state index contributed by atoms with van der Waals surface area (Å²) in [6.07, 6.45) is 1.59. The number of amides is 1. The van der Waals surface area contributed by atoms with E-state index in [4.69, 9.17) is 4.52 Å². The van der Waals surface area contributed by atoms with E-state index in [0.717, 1.165) is 22.6 Å². The van der Waals surface area contributed by atoms with Gasteiger partial charge >= 0.3 is 0 Å². The van der Waals surface area contributed by atoms with Crippen molar-refractivity contribution in [3.63, 3.8) is 0 Å². The quantitative estimate of drug-likeness (QED) is 0.601. The largest absolute Gasteiger partial charge is 0.339 e. The van der Waals surface area contributed by atoms with E-state index >= 15 is 0 Å². The number of nitrogens with one attached hydrogen (secondary N) is 1. The summed E-state index contributed by atoms with van der Waals surface area (Å²) in [4.78, 5) is 16.8. The summed E-state index contributed by atoms with van der Waals surface area (Å²) in [5.74, 6) is 0.625. The molecule has 1 N–H and O–H groups in total. The molecule has 4 rings (SSSR count). The fraction of sp³-hybridized carbons (Fsp3) is 0.381. The van der Waals surface area contributed by atoms with Gasteiger partial charge in [0.05, 0.1) is 0 Å². The van der Waals surface area contributed by atoms with Crippen molar-refractivity contribution >= 4 is 33.0 Å². The average Bonchev–Trinajstić information content (AvgIpc) is 3.43. The summed E-state index contributed by atoms with van der Waals surface area (Å²) >= 11 is 1.14. The molecule has 0 atom stereocenters. The Balaban J connectivity index is 1.39. The maximum Gasteiger partial charge on any atom is 0.252 e. The second-order valence-electron chi connectivity index (χ2n) is 7.56. The Labute approximate surface area is 185 Å². The zero-order valence-electron chi connectivity index (χ0n) is 17.4. The van der Waals surface area contributed by atoms with E-state index in [2.05, 4.69) is 15.5 Å². The number of carbonyl (C=O) groups is 1. The van der Waals surface area contributed by atoms with Gasteiger partial charge in [0.2, 0.25) is 17.6 Å². The number of hydrogen-bond acceptors (Lipinski definition) is 7. The lowest BCUT2D eigenvalue weighted by atomic mass is 9.97. The third kappa shape index (κ3) is 4.70. The Bertz CT molecular complexity index is 1180. The van der Waals surface area contributed by atoms with Gasteiger partial charge < -0.3 is 9.84 Å². The lowest BCUT2D eigenvalue weighted by Gasteiger charge is -2.30. The summed E-state index contributed by atoms with van der Waals surface area (Å²) in [5.41, 5.74) is 2.46. The van der Waals surface area contributed by atoms with Crippen LogP contribution in [0, 0.1) is 12.8 Å². The third-order valence-corrected chi connectivity index (χ3v) is 8.62. The molecular weight excluding hydrogens is 436 g/mol. The van der Waals surface area contributed by atoms with Crippen LogP contribution in [0.15, 0.2) is 44.4 Å². The van der Waals surface area contributed by atoms with Crippen LogP contribution in [0.5, 0.6) is 0 Å². The van der Waals surface area contributed by atoms with Crippen LogP contribution in [0.3, 0.4) is 0 Å². The Morgan fingerprint density at radius 3 is 2.74 bits per heavy atom. The number of thiophene rings is 1. The zero-order valence-corrected chi connectivity index (χ0v) is 19.0. The Kier molecular flexibility index (Phi) is 6.22. The first-order valence-electron chi connectivity index (χ1n) is 10.2. The number of nitrogens with zero attached hydrogens (tertiary/aromatic N) is 3. The SMILES string of the molecule is CCc1nc(-c2csc(S(=O)(=O)N3CCC(C(=O)Nc4cccc(C)c4)CC3)c2)no1. The molecule has 0 unspecified atom stereocenters. The molecule has 0 aliphatic carbocycles. The number of rotatable bonds is 6. The van der Waals surface area contributed by atoms with Crippen molar-refractivity contribution in [1.82, 2.24) is 14.4 Å². The minimum atomic E-state index is -3.63. The highest BCUT2D eigenvalue weighted by Crippen LogP contribution is 2.31. The Morgan fingerprint density at radius 2 is 2.06 bits per heavy atom. The maximum atomic E-state index is 13.1. The highest BCUT2D eigenvalue weighted by atomic mass is 32.2. The predicted octanol–water partition coefficient (Wildman–Crippen LogP) is 3.71. The molecule has 1 aliphatic rings. The van der Waals surface area contributed by atoms with Crippen LogP contribution in [-0.4, -0.2) is 41.9 Å². The average molecular weight is 461 g/mol. The fourth-order valence-corrected chi connectivity index (χ4v) is 6.32. The molecule has 3 heterocycles. The van der Waals surface area contributed by atoms with Gasteiger partial charge in [-0.2, -0.15) is 9.29 Å². The molecule has 1 amide bonds. The first-order chi connectivity index (χ1) is 14.9. The number of aromatic nitrogens is 2. The lowest BCUT2D eigenvalue weighted by molar-refractivity contribution is -0.120. The molecule has 1 aliphatic heterocycles. The summed E-state index contributed by atoms with van der Waals surface area (Å²) in [6, 6.07) is 9.22. The number of sulfonamides is 1. The van der Waals surface area contributed by atoms with Crippen molar-refractivity contribution in [2.24, 2.45) is 5.92 Å². The van der Waals surface area contributed by atoms with Crippen LogP contribution in [0.2, 0.25) is 0 Å². The van der Waals surface area contributed by atoms with E-state index in [1.165, 1.54) is 4.31 Å². The molecule has 0 spiro atoms. The smallest absolute Gasteiger partial charge is 0.252 e. The zero-order chi connectivity index (χ0) is 22.0. The van der Waals surface area contributed by atoms with Crippen molar-refractivity contribution < 1.29 is 17.7 Å². The number of piperidine rings is 1. The van der Waals surface area contributed by atoms with Crippen LogP contribution in [0.4, 0.5) is 5.69 Å². The first-order valence-corrected chi connectivity index (χ1v) is 12.5. The summed E-state index contributed by atoms with van der Waals surface area (Å²) in [7, 11) is -3.63. The van der Waals surface area contributed by atoms with Gasteiger partial charge in [0.1, 0.15) is 4.21 Å². The minimum Gasteiger partial charge on any atom is -0.339 e. The molecule has 0 bridgehead atoms. The van der Waals surface area contributed by atoms with Crippen LogP contribution in [0.25, 0.3) is 11.4 Å². The number of carbonyl (C=O) groups excluding carboxylic acids is 1. The van der Waals surface area contributed by atoms with E-state index in [9.17, 15) is 13.2 Å². The molecule has 8 nitrogen and oxygen atoms in total. The van der Waals surface area contributed by atoms with Gasteiger partial charge in [-0.15, -0.1) is 11.3 Å². The summed E-state index contributed by atoms with van der Waals surface area (Å²) in [5, 5.41) is 8.56. The van der Waals surface area contributed by atoms with Crippen molar-refractivity contribution in [1.29, 1.82) is 0 Å². The number of hydrogen-bond donors (Lipinski definition) is 1. The monoisotopic (exact) mass is 460 g/mol. The van der Waals surface area contributed by atoms with Gasteiger partial charge in [-0.25, -0.2) is 8.42 Å².